The molecule has 1 unspecified atom stereocenters. The maximum atomic E-state index is 10.0. The van der Waals surface area contributed by atoms with E-state index < -0.39 is 11.7 Å². The fourth-order valence-corrected chi connectivity index (χ4v) is 4.06. The number of rotatable bonds is 13. The Morgan fingerprint density at radius 2 is 1.56 bits per heavy atom. The van der Waals surface area contributed by atoms with Crippen LogP contribution in [-0.2, 0) is 16.2 Å². The SMILES string of the molecule is C=C[C@H](O)[C@@]1(C)CC(C)(CCCCCCCCCCc2ccccc2)OO1. The largest absolute Gasteiger partial charge is 0.386 e. The molecule has 152 valence electrons. The van der Waals surface area contributed by atoms with Crippen LogP contribution >= 0.6 is 0 Å². The Balaban J connectivity index is 1.46. The quantitative estimate of drug-likeness (QED) is 0.255. The standard InChI is InChI=1S/C24H38O3/c1-4-22(25)24(3)20-23(2,26-27-24)19-15-10-8-6-5-7-9-12-16-21-17-13-11-14-18-21/h4,11,13-14,17-18,22,25H,1,5-10,12,15-16,19-20H2,2-3H3/t22-,23?,24+/m0/s1. The molecule has 3 nitrogen and oxygen atoms in total. The molecule has 1 saturated heterocycles. The molecule has 0 saturated carbocycles. The van der Waals surface area contributed by atoms with Crippen molar-refractivity contribution in [3.63, 3.8) is 0 Å². The second-order valence-electron chi connectivity index (χ2n) is 8.60. The lowest BCUT2D eigenvalue weighted by atomic mass is 9.83. The summed E-state index contributed by atoms with van der Waals surface area (Å²) in [7, 11) is 0. The van der Waals surface area contributed by atoms with Crippen molar-refractivity contribution < 1.29 is 14.9 Å². The van der Waals surface area contributed by atoms with Gasteiger partial charge in [0.1, 0.15) is 17.3 Å². The Hall–Kier alpha value is -1.16. The van der Waals surface area contributed by atoms with Gasteiger partial charge in [-0.05, 0) is 38.7 Å². The van der Waals surface area contributed by atoms with Crippen molar-refractivity contribution >= 4 is 0 Å². The van der Waals surface area contributed by atoms with Crippen LogP contribution in [0, 0.1) is 0 Å². The fraction of sp³-hybridized carbons (Fsp3) is 0.667. The lowest BCUT2D eigenvalue weighted by Crippen LogP contribution is -2.38. The van der Waals surface area contributed by atoms with E-state index in [-0.39, 0.29) is 5.60 Å². The normalized spacial score (nSPS) is 26.2. The predicted molar refractivity (Wildman–Crippen MR) is 111 cm³/mol. The molecule has 1 aliphatic heterocycles. The van der Waals surface area contributed by atoms with Crippen LogP contribution in [0.15, 0.2) is 43.0 Å². The highest BCUT2D eigenvalue weighted by molar-refractivity contribution is 5.14. The molecule has 1 aromatic carbocycles. The van der Waals surface area contributed by atoms with E-state index in [4.69, 9.17) is 9.78 Å². The van der Waals surface area contributed by atoms with Gasteiger partial charge >= 0.3 is 0 Å². The van der Waals surface area contributed by atoms with Crippen molar-refractivity contribution in [2.24, 2.45) is 0 Å². The van der Waals surface area contributed by atoms with Crippen LogP contribution in [0.1, 0.15) is 83.6 Å². The summed E-state index contributed by atoms with van der Waals surface area (Å²) in [6, 6.07) is 10.8. The topological polar surface area (TPSA) is 38.7 Å². The lowest BCUT2D eigenvalue weighted by Gasteiger charge is -2.25. The Morgan fingerprint density at radius 1 is 0.963 bits per heavy atom. The molecule has 27 heavy (non-hydrogen) atoms. The molecular weight excluding hydrogens is 336 g/mol. The number of unbranched alkanes of at least 4 members (excludes halogenated alkanes) is 7. The van der Waals surface area contributed by atoms with Gasteiger partial charge in [-0.3, -0.25) is 0 Å². The zero-order valence-corrected chi connectivity index (χ0v) is 17.3. The van der Waals surface area contributed by atoms with Crippen LogP contribution < -0.4 is 0 Å². The Kier molecular flexibility index (Phi) is 9.01. The smallest absolute Gasteiger partial charge is 0.133 e. The summed E-state index contributed by atoms with van der Waals surface area (Å²) in [6.07, 6.45) is 14.0. The van der Waals surface area contributed by atoms with Crippen LogP contribution in [0.3, 0.4) is 0 Å². The van der Waals surface area contributed by atoms with Crippen molar-refractivity contribution in [2.75, 3.05) is 0 Å². The molecule has 3 atom stereocenters. The molecule has 0 bridgehead atoms. The molecule has 0 spiro atoms. The van der Waals surface area contributed by atoms with E-state index in [0.717, 1.165) is 12.8 Å². The van der Waals surface area contributed by atoms with Crippen LogP contribution in [-0.4, -0.2) is 22.4 Å². The van der Waals surface area contributed by atoms with E-state index in [0.29, 0.717) is 6.42 Å². The van der Waals surface area contributed by atoms with Gasteiger partial charge in [0.25, 0.3) is 0 Å². The van der Waals surface area contributed by atoms with E-state index in [9.17, 15) is 5.11 Å². The highest BCUT2D eigenvalue weighted by Gasteiger charge is 2.49. The van der Waals surface area contributed by atoms with Crippen LogP contribution in [0.5, 0.6) is 0 Å². The number of aryl methyl sites for hydroxylation is 1. The lowest BCUT2D eigenvalue weighted by molar-refractivity contribution is -0.354. The first-order valence-electron chi connectivity index (χ1n) is 10.7. The van der Waals surface area contributed by atoms with E-state index in [1.807, 2.05) is 6.92 Å². The van der Waals surface area contributed by atoms with Gasteiger partial charge in [0.05, 0.1) is 0 Å². The molecule has 0 amide bonds. The highest BCUT2D eigenvalue weighted by Crippen LogP contribution is 2.41. The van der Waals surface area contributed by atoms with Crippen molar-refractivity contribution in [1.82, 2.24) is 0 Å². The number of hydrogen-bond donors (Lipinski definition) is 1. The highest BCUT2D eigenvalue weighted by atomic mass is 17.2. The van der Waals surface area contributed by atoms with Crippen LogP contribution in [0.4, 0.5) is 0 Å². The summed E-state index contributed by atoms with van der Waals surface area (Å²) in [5.41, 5.74) is 0.493. The third-order valence-electron chi connectivity index (χ3n) is 5.77. The minimum atomic E-state index is -0.693. The third-order valence-corrected chi connectivity index (χ3v) is 5.77. The molecule has 1 heterocycles. The van der Waals surface area contributed by atoms with E-state index in [2.05, 4.69) is 43.8 Å². The first kappa shape index (κ1) is 22.1. The zero-order valence-electron chi connectivity index (χ0n) is 17.3. The van der Waals surface area contributed by atoms with E-state index in [1.54, 1.807) is 0 Å². The van der Waals surface area contributed by atoms with Gasteiger partial charge in [0, 0.05) is 6.42 Å². The van der Waals surface area contributed by atoms with Gasteiger partial charge in [0.15, 0.2) is 0 Å². The summed E-state index contributed by atoms with van der Waals surface area (Å²) < 4.78 is 0. The third kappa shape index (κ3) is 7.40. The predicted octanol–water partition coefficient (Wildman–Crippen LogP) is 6.16. The maximum Gasteiger partial charge on any atom is 0.133 e. The van der Waals surface area contributed by atoms with Gasteiger partial charge in [-0.15, -0.1) is 6.58 Å². The van der Waals surface area contributed by atoms with Gasteiger partial charge in [-0.25, -0.2) is 9.78 Å². The molecule has 0 aliphatic carbocycles. The van der Waals surface area contributed by atoms with Crippen molar-refractivity contribution in [3.8, 4) is 0 Å². The molecule has 1 aliphatic rings. The molecule has 1 fully saturated rings. The molecule has 0 aromatic heterocycles. The van der Waals surface area contributed by atoms with Gasteiger partial charge in [-0.2, -0.15) is 0 Å². The van der Waals surface area contributed by atoms with Crippen molar-refractivity contribution in [2.45, 2.75) is 102 Å². The monoisotopic (exact) mass is 374 g/mol. The molecule has 2 rings (SSSR count). The van der Waals surface area contributed by atoms with Crippen LogP contribution in [0.2, 0.25) is 0 Å². The fourth-order valence-electron chi connectivity index (χ4n) is 4.06. The average molecular weight is 375 g/mol. The average Bonchev–Trinajstić information content (AvgIpc) is 3.00. The first-order chi connectivity index (χ1) is 13.0. The van der Waals surface area contributed by atoms with Gasteiger partial charge < -0.3 is 5.11 Å². The molecular formula is C24H38O3. The molecule has 0 radical (unpaired) electrons. The Bertz CT molecular complexity index is 544. The number of benzene rings is 1. The second kappa shape index (κ2) is 11.0. The second-order valence-corrected chi connectivity index (χ2v) is 8.60. The van der Waals surface area contributed by atoms with E-state index >= 15 is 0 Å². The van der Waals surface area contributed by atoms with Gasteiger partial charge in [0.2, 0.25) is 0 Å². The van der Waals surface area contributed by atoms with Crippen LogP contribution in [0.25, 0.3) is 0 Å². The summed E-state index contributed by atoms with van der Waals surface area (Å²) in [5, 5.41) is 10.0. The Morgan fingerprint density at radius 3 is 2.19 bits per heavy atom. The summed E-state index contributed by atoms with van der Waals surface area (Å²) in [5.74, 6) is 0. The van der Waals surface area contributed by atoms with Crippen molar-refractivity contribution in [3.05, 3.63) is 48.6 Å². The number of hydrogen-bond acceptors (Lipinski definition) is 3. The van der Waals surface area contributed by atoms with E-state index in [1.165, 1.54) is 63.0 Å². The maximum absolute atomic E-state index is 10.0. The minimum Gasteiger partial charge on any atom is -0.386 e. The molecule has 1 aromatic rings. The summed E-state index contributed by atoms with van der Waals surface area (Å²) >= 11 is 0. The van der Waals surface area contributed by atoms with Gasteiger partial charge in [-0.1, -0.05) is 81.4 Å². The number of aliphatic hydroxyl groups is 1. The number of aliphatic hydroxyl groups excluding tert-OH is 1. The molecule has 1 N–H and O–H groups in total. The molecule has 3 heteroatoms. The minimum absolute atomic E-state index is 0.295. The Labute approximate surface area is 165 Å². The zero-order chi connectivity index (χ0) is 19.6. The first-order valence-corrected chi connectivity index (χ1v) is 10.7. The summed E-state index contributed by atoms with van der Waals surface area (Å²) in [6.45, 7) is 7.63. The summed E-state index contributed by atoms with van der Waals surface area (Å²) in [4.78, 5) is 11.0. The van der Waals surface area contributed by atoms with Crippen molar-refractivity contribution in [1.29, 1.82) is 0 Å².